The topological polar surface area (TPSA) is 33.1 Å². The van der Waals surface area contributed by atoms with Crippen LogP contribution in [0.5, 0.6) is 0 Å². The first-order valence-electron chi connectivity index (χ1n) is 5.63. The molecule has 0 radical (unpaired) electrons. The van der Waals surface area contributed by atoms with E-state index in [4.69, 9.17) is 11.6 Å². The van der Waals surface area contributed by atoms with Gasteiger partial charge in [0.15, 0.2) is 0 Å². The van der Waals surface area contributed by atoms with E-state index in [-0.39, 0.29) is 10.7 Å². The van der Waals surface area contributed by atoms with E-state index in [1.807, 2.05) is 13.8 Å². The molecule has 0 aliphatic heterocycles. The number of pyridine rings is 1. The molecule has 0 saturated carbocycles. The Morgan fingerprint density at radius 3 is 2.33 bits per heavy atom. The zero-order chi connectivity index (χ0) is 13.9. The molecule has 0 fully saturated rings. The lowest BCUT2D eigenvalue weighted by atomic mass is 10.0. The summed E-state index contributed by atoms with van der Waals surface area (Å²) in [6.07, 6.45) is -4.19. The van der Waals surface area contributed by atoms with Crippen molar-refractivity contribution in [2.75, 3.05) is 0 Å². The average molecular weight is 282 g/mol. The molecule has 0 spiro atoms. The summed E-state index contributed by atoms with van der Waals surface area (Å²) < 4.78 is 37.1. The summed E-state index contributed by atoms with van der Waals surface area (Å²) in [4.78, 5) is 3.27. The predicted octanol–water partition coefficient (Wildman–Crippen LogP) is 4.22. The van der Waals surface area contributed by atoms with Crippen LogP contribution in [0.25, 0.3) is 0 Å². The minimum atomic E-state index is -4.52. The second-order valence-electron chi connectivity index (χ2n) is 4.56. The summed E-state index contributed by atoms with van der Waals surface area (Å²) in [6, 6.07) is 2.02. The van der Waals surface area contributed by atoms with E-state index in [1.54, 1.807) is 0 Å². The van der Waals surface area contributed by atoms with E-state index in [9.17, 15) is 18.3 Å². The van der Waals surface area contributed by atoms with Gasteiger partial charge in [0.2, 0.25) is 0 Å². The maximum atomic E-state index is 12.4. The number of aromatic nitrogens is 1. The minimum Gasteiger partial charge on any atom is -0.388 e. The Balaban J connectivity index is 2.85. The fourth-order valence-corrected chi connectivity index (χ4v) is 1.78. The fraction of sp³-hybridized carbons (Fsp3) is 0.583. The van der Waals surface area contributed by atoms with E-state index in [1.165, 1.54) is 6.07 Å². The molecule has 1 unspecified atom stereocenters. The largest absolute Gasteiger partial charge is 0.433 e. The third kappa shape index (κ3) is 4.14. The predicted molar refractivity (Wildman–Crippen MR) is 63.3 cm³/mol. The van der Waals surface area contributed by atoms with Crippen molar-refractivity contribution in [3.05, 3.63) is 28.5 Å². The van der Waals surface area contributed by atoms with E-state index in [0.717, 1.165) is 12.5 Å². The molecule has 0 amide bonds. The average Bonchev–Trinajstić information content (AvgIpc) is 2.24. The molecule has 1 rings (SSSR count). The van der Waals surface area contributed by atoms with Crippen LogP contribution in [-0.2, 0) is 6.18 Å². The van der Waals surface area contributed by atoms with E-state index >= 15 is 0 Å². The second-order valence-corrected chi connectivity index (χ2v) is 4.92. The number of aliphatic hydroxyl groups is 1. The molecule has 0 aliphatic carbocycles. The van der Waals surface area contributed by atoms with Gasteiger partial charge < -0.3 is 5.11 Å². The van der Waals surface area contributed by atoms with Crippen molar-refractivity contribution in [1.82, 2.24) is 4.98 Å². The van der Waals surface area contributed by atoms with Crippen molar-refractivity contribution in [3.8, 4) is 0 Å². The Morgan fingerprint density at radius 2 is 1.89 bits per heavy atom. The number of rotatable bonds is 4. The van der Waals surface area contributed by atoms with Crippen molar-refractivity contribution >= 4 is 11.6 Å². The van der Waals surface area contributed by atoms with Crippen LogP contribution in [0.2, 0.25) is 5.15 Å². The molecule has 2 nitrogen and oxygen atoms in total. The minimum absolute atomic E-state index is 0.241. The van der Waals surface area contributed by atoms with Gasteiger partial charge in [-0.2, -0.15) is 13.2 Å². The molecular weight excluding hydrogens is 267 g/mol. The van der Waals surface area contributed by atoms with Gasteiger partial charge in [-0.3, -0.25) is 0 Å². The van der Waals surface area contributed by atoms with Gasteiger partial charge in [0.1, 0.15) is 10.8 Å². The van der Waals surface area contributed by atoms with Gasteiger partial charge in [-0.25, -0.2) is 4.98 Å². The van der Waals surface area contributed by atoms with Gasteiger partial charge in [-0.05, 0) is 24.8 Å². The maximum absolute atomic E-state index is 12.4. The smallest absolute Gasteiger partial charge is 0.388 e. The molecule has 6 heteroatoms. The number of hydrogen-bond acceptors (Lipinski definition) is 2. The Morgan fingerprint density at radius 1 is 1.28 bits per heavy atom. The lowest BCUT2D eigenvalue weighted by Gasteiger charge is -2.14. The van der Waals surface area contributed by atoms with Gasteiger partial charge >= 0.3 is 6.18 Å². The number of nitrogens with zero attached hydrogens (tertiary/aromatic N) is 1. The molecule has 0 aliphatic rings. The van der Waals surface area contributed by atoms with Crippen molar-refractivity contribution in [1.29, 1.82) is 0 Å². The first-order valence-corrected chi connectivity index (χ1v) is 6.01. The molecule has 1 atom stereocenters. The normalized spacial score (nSPS) is 14.0. The summed E-state index contributed by atoms with van der Waals surface area (Å²) in [6.45, 7) is 4.00. The molecular formula is C12H15ClF3NO. The van der Waals surface area contributed by atoms with Gasteiger partial charge in [-0.15, -0.1) is 0 Å². The van der Waals surface area contributed by atoms with Crippen molar-refractivity contribution < 1.29 is 18.3 Å². The van der Waals surface area contributed by atoms with Crippen LogP contribution in [0.3, 0.4) is 0 Å². The molecule has 102 valence electrons. The second kappa shape index (κ2) is 5.89. The third-order valence-electron chi connectivity index (χ3n) is 2.54. The monoisotopic (exact) mass is 281 g/mol. The van der Waals surface area contributed by atoms with Crippen LogP contribution in [0.4, 0.5) is 13.2 Å². The Hall–Kier alpha value is -0.810. The van der Waals surface area contributed by atoms with Crippen molar-refractivity contribution in [2.45, 2.75) is 39.0 Å². The van der Waals surface area contributed by atoms with Gasteiger partial charge in [-0.1, -0.05) is 31.5 Å². The van der Waals surface area contributed by atoms with Crippen molar-refractivity contribution in [2.24, 2.45) is 5.92 Å². The fourth-order valence-electron chi connectivity index (χ4n) is 1.50. The summed E-state index contributed by atoms with van der Waals surface area (Å²) in [5, 5.41) is 9.55. The third-order valence-corrected chi connectivity index (χ3v) is 2.85. The number of halogens is 4. The number of hydrogen-bond donors (Lipinski definition) is 1. The highest BCUT2D eigenvalue weighted by molar-refractivity contribution is 6.30. The van der Waals surface area contributed by atoms with Crippen LogP contribution in [-0.4, -0.2) is 10.1 Å². The summed E-state index contributed by atoms with van der Waals surface area (Å²) in [5.41, 5.74) is -0.808. The molecule has 1 N–H and O–H groups in total. The SMILES string of the molecule is CC(C)CCC(O)c1ccc(C(F)(F)F)nc1Cl. The summed E-state index contributed by atoms with van der Waals surface area (Å²) >= 11 is 5.67. The van der Waals surface area contributed by atoms with Crippen molar-refractivity contribution in [3.63, 3.8) is 0 Å². The van der Waals surface area contributed by atoms with E-state index in [0.29, 0.717) is 12.3 Å². The molecule has 0 bridgehead atoms. The van der Waals surface area contributed by atoms with Gasteiger partial charge in [0.05, 0.1) is 6.10 Å². The van der Waals surface area contributed by atoms with Gasteiger partial charge in [0.25, 0.3) is 0 Å². The lowest BCUT2D eigenvalue weighted by Crippen LogP contribution is -2.10. The standard InChI is InChI=1S/C12H15ClF3NO/c1-7(2)3-5-9(18)8-4-6-10(12(14,15)16)17-11(8)13/h4,6-7,9,18H,3,5H2,1-2H3. The highest BCUT2D eigenvalue weighted by Gasteiger charge is 2.33. The molecule has 1 aromatic heterocycles. The summed E-state index contributed by atoms with van der Waals surface area (Å²) in [7, 11) is 0. The van der Waals surface area contributed by atoms with Gasteiger partial charge in [0, 0.05) is 5.56 Å². The number of aliphatic hydroxyl groups excluding tert-OH is 1. The zero-order valence-electron chi connectivity index (χ0n) is 10.1. The molecule has 1 heterocycles. The highest BCUT2D eigenvalue weighted by atomic mass is 35.5. The van der Waals surface area contributed by atoms with Crippen LogP contribution >= 0.6 is 11.6 Å². The van der Waals surface area contributed by atoms with Crippen LogP contribution in [0, 0.1) is 5.92 Å². The number of alkyl halides is 3. The molecule has 18 heavy (non-hydrogen) atoms. The first kappa shape index (κ1) is 15.2. The zero-order valence-corrected chi connectivity index (χ0v) is 10.9. The quantitative estimate of drug-likeness (QED) is 0.838. The molecule has 0 aromatic carbocycles. The first-order chi connectivity index (χ1) is 8.21. The van der Waals surface area contributed by atoms with Crippen LogP contribution in [0.15, 0.2) is 12.1 Å². The van der Waals surface area contributed by atoms with Crippen LogP contribution < -0.4 is 0 Å². The Labute approximate surface area is 109 Å². The Kier molecular flexibility index (Phi) is 4.99. The maximum Gasteiger partial charge on any atom is 0.433 e. The van der Waals surface area contributed by atoms with E-state index in [2.05, 4.69) is 4.98 Å². The van der Waals surface area contributed by atoms with E-state index < -0.39 is 18.0 Å². The molecule has 1 aromatic rings. The molecule has 0 saturated heterocycles. The lowest BCUT2D eigenvalue weighted by molar-refractivity contribution is -0.141. The Bertz CT molecular complexity index is 407. The highest BCUT2D eigenvalue weighted by Crippen LogP contribution is 2.32. The van der Waals surface area contributed by atoms with Crippen LogP contribution in [0.1, 0.15) is 44.1 Å². The summed E-state index contributed by atoms with van der Waals surface area (Å²) in [5.74, 6) is 0.404.